The molecular weight excluding hydrogens is 272 g/mol. The molecule has 0 aromatic carbocycles. The lowest BCUT2D eigenvalue weighted by Gasteiger charge is -2.53. The van der Waals surface area contributed by atoms with Crippen LogP contribution >= 0.6 is 0 Å². The predicted molar refractivity (Wildman–Crippen MR) is 75.7 cm³/mol. The fourth-order valence-corrected chi connectivity index (χ4v) is 4.22. The van der Waals surface area contributed by atoms with Crippen molar-refractivity contribution in [1.82, 2.24) is 9.80 Å². The van der Waals surface area contributed by atoms with Gasteiger partial charge in [0.15, 0.2) is 5.60 Å². The molecule has 0 spiro atoms. The minimum absolute atomic E-state index is 0.109. The molecule has 0 radical (unpaired) electrons. The third kappa shape index (κ3) is 1.88. The summed E-state index contributed by atoms with van der Waals surface area (Å²) in [5.74, 6) is -0.752. The van der Waals surface area contributed by atoms with Crippen molar-refractivity contribution in [2.45, 2.75) is 39.2 Å². The lowest BCUT2D eigenvalue weighted by Crippen LogP contribution is -2.70. The third-order valence-electron chi connectivity index (χ3n) is 6.45. The average Bonchev–Trinajstić information content (AvgIpc) is 2.53. The summed E-state index contributed by atoms with van der Waals surface area (Å²) in [4.78, 5) is 26.7. The van der Waals surface area contributed by atoms with Gasteiger partial charge in [-0.3, -0.25) is 0 Å². The van der Waals surface area contributed by atoms with E-state index in [1.807, 2.05) is 4.90 Å². The Bertz CT molecular complexity index is 498. The molecule has 2 bridgehead atoms. The number of carboxylic acid groups (broad SMARTS) is 1. The molecule has 2 aliphatic heterocycles. The average molecular weight is 296 g/mol. The minimum atomic E-state index is -1.76. The molecule has 2 amide bonds. The van der Waals surface area contributed by atoms with Crippen LogP contribution in [0.4, 0.5) is 4.79 Å². The van der Waals surface area contributed by atoms with Crippen molar-refractivity contribution in [1.29, 1.82) is 0 Å². The van der Waals surface area contributed by atoms with Gasteiger partial charge in [0.2, 0.25) is 0 Å². The molecule has 118 valence electrons. The molecule has 3 aliphatic rings. The molecule has 21 heavy (non-hydrogen) atoms. The maximum atomic E-state index is 12.5. The van der Waals surface area contributed by atoms with Gasteiger partial charge in [0.1, 0.15) is 0 Å². The molecule has 2 heterocycles. The summed E-state index contributed by atoms with van der Waals surface area (Å²) in [7, 11) is 0. The molecular formula is C15H24N2O4. The fraction of sp³-hybridized carbons (Fsp3) is 0.867. The molecule has 0 aromatic rings. The predicted octanol–water partition coefficient (Wildman–Crippen LogP) is 0.996. The van der Waals surface area contributed by atoms with Gasteiger partial charge in [0.05, 0.1) is 13.1 Å². The van der Waals surface area contributed by atoms with Crippen molar-refractivity contribution in [3.63, 3.8) is 0 Å². The number of fused-ring (bicyclic) bond motifs is 2. The highest BCUT2D eigenvalue weighted by Crippen LogP contribution is 2.59. The van der Waals surface area contributed by atoms with E-state index in [4.69, 9.17) is 5.11 Å². The van der Waals surface area contributed by atoms with Gasteiger partial charge in [0, 0.05) is 13.1 Å². The summed E-state index contributed by atoms with van der Waals surface area (Å²) < 4.78 is 0. The van der Waals surface area contributed by atoms with Gasteiger partial charge in [-0.15, -0.1) is 0 Å². The first-order valence-corrected chi connectivity index (χ1v) is 7.59. The largest absolute Gasteiger partial charge is 0.479 e. The number of carboxylic acids is 1. The maximum Gasteiger partial charge on any atom is 0.339 e. The molecule has 6 nitrogen and oxygen atoms in total. The Morgan fingerprint density at radius 1 is 1.10 bits per heavy atom. The number of carbonyl (C=O) groups is 2. The number of carbonyl (C=O) groups excluding carboxylic acids is 1. The highest BCUT2D eigenvalue weighted by atomic mass is 16.4. The van der Waals surface area contributed by atoms with Crippen molar-refractivity contribution in [3.05, 3.63) is 0 Å². The second kappa shape index (κ2) is 4.12. The van der Waals surface area contributed by atoms with Gasteiger partial charge in [0.25, 0.3) is 0 Å². The Morgan fingerprint density at radius 2 is 1.71 bits per heavy atom. The van der Waals surface area contributed by atoms with E-state index in [-0.39, 0.29) is 30.0 Å². The van der Waals surface area contributed by atoms with Crippen LogP contribution in [0, 0.1) is 16.7 Å². The second-order valence-corrected chi connectivity index (χ2v) is 7.87. The summed E-state index contributed by atoms with van der Waals surface area (Å²) in [6.07, 6.45) is 2.28. The van der Waals surface area contributed by atoms with E-state index in [1.165, 1.54) is 4.90 Å². The molecule has 1 saturated carbocycles. The third-order valence-corrected chi connectivity index (χ3v) is 6.45. The van der Waals surface area contributed by atoms with Crippen LogP contribution in [0.25, 0.3) is 0 Å². The van der Waals surface area contributed by atoms with Crippen molar-refractivity contribution < 1.29 is 19.8 Å². The summed E-state index contributed by atoms with van der Waals surface area (Å²) in [5.41, 5.74) is -1.40. The second-order valence-electron chi connectivity index (χ2n) is 7.87. The number of hydrogen-bond acceptors (Lipinski definition) is 3. The number of amides is 2. The number of β-amino-alcohol motifs (C(OH)–C–C–N with tert-alkyl or cyclic N) is 1. The van der Waals surface area contributed by atoms with Crippen LogP contribution in [-0.2, 0) is 4.79 Å². The Hall–Kier alpha value is -1.30. The number of nitrogens with zero attached hydrogens (tertiary/aromatic N) is 2. The Morgan fingerprint density at radius 3 is 2.24 bits per heavy atom. The molecule has 2 atom stereocenters. The first kappa shape index (κ1) is 14.6. The van der Waals surface area contributed by atoms with Crippen LogP contribution in [0.2, 0.25) is 0 Å². The van der Waals surface area contributed by atoms with E-state index in [9.17, 15) is 14.7 Å². The van der Waals surface area contributed by atoms with Gasteiger partial charge >= 0.3 is 12.0 Å². The molecule has 3 rings (SSSR count). The highest BCUT2D eigenvalue weighted by molar-refractivity contribution is 5.84. The number of hydrogen-bond donors (Lipinski definition) is 2. The van der Waals surface area contributed by atoms with Gasteiger partial charge in [-0.2, -0.15) is 0 Å². The monoisotopic (exact) mass is 296 g/mol. The van der Waals surface area contributed by atoms with Crippen LogP contribution in [-0.4, -0.2) is 63.8 Å². The van der Waals surface area contributed by atoms with Crippen LogP contribution in [0.3, 0.4) is 0 Å². The summed E-state index contributed by atoms with van der Waals surface area (Å²) >= 11 is 0. The summed E-state index contributed by atoms with van der Waals surface area (Å²) in [6.45, 7) is 8.07. The van der Waals surface area contributed by atoms with Crippen molar-refractivity contribution >= 4 is 12.0 Å². The Balaban J connectivity index is 1.68. The highest BCUT2D eigenvalue weighted by Gasteiger charge is 2.58. The topological polar surface area (TPSA) is 81.1 Å². The smallest absolute Gasteiger partial charge is 0.339 e. The number of likely N-dealkylation sites (tertiary alicyclic amines) is 2. The number of rotatable bonds is 1. The number of aliphatic hydroxyl groups is 1. The van der Waals surface area contributed by atoms with Gasteiger partial charge in [-0.1, -0.05) is 20.8 Å². The molecule has 2 saturated heterocycles. The first-order chi connectivity index (χ1) is 9.59. The van der Waals surface area contributed by atoms with E-state index >= 15 is 0 Å². The number of urea groups is 1. The standard InChI is InChI=1S/C15H24N2O4/c1-13(2)10-4-5-14(13,3)7-16(6-10)12(20)17-8-15(21,9-17)11(18)19/h10,21H,4-9H2,1-3H3,(H,18,19)/t10-,14+/m1/s1. The Labute approximate surface area is 124 Å². The SMILES string of the molecule is CC1(C)[C@@H]2CC[C@@]1(C)CN(C(=O)N1CC(O)(C(=O)O)C1)C2. The first-order valence-electron chi connectivity index (χ1n) is 7.59. The minimum Gasteiger partial charge on any atom is -0.479 e. The van der Waals surface area contributed by atoms with Gasteiger partial charge < -0.3 is 20.0 Å². The zero-order valence-corrected chi connectivity index (χ0v) is 12.9. The van der Waals surface area contributed by atoms with Gasteiger partial charge in [-0.25, -0.2) is 9.59 Å². The van der Waals surface area contributed by atoms with E-state index < -0.39 is 11.6 Å². The normalized spacial score (nSPS) is 36.3. The molecule has 0 aromatic heterocycles. The van der Waals surface area contributed by atoms with Crippen molar-refractivity contribution in [2.24, 2.45) is 16.7 Å². The van der Waals surface area contributed by atoms with E-state index in [1.54, 1.807) is 0 Å². The molecule has 6 heteroatoms. The molecule has 2 N–H and O–H groups in total. The summed E-state index contributed by atoms with van der Waals surface area (Å²) in [6, 6.07) is -0.130. The molecule has 0 unspecified atom stereocenters. The zero-order valence-electron chi connectivity index (χ0n) is 12.9. The summed E-state index contributed by atoms with van der Waals surface area (Å²) in [5, 5.41) is 18.6. The van der Waals surface area contributed by atoms with E-state index in [0.29, 0.717) is 5.92 Å². The quantitative estimate of drug-likeness (QED) is 0.756. The lowest BCUT2D eigenvalue weighted by molar-refractivity contribution is -0.174. The fourth-order valence-electron chi connectivity index (χ4n) is 4.22. The van der Waals surface area contributed by atoms with Crippen LogP contribution in [0.1, 0.15) is 33.6 Å². The maximum absolute atomic E-state index is 12.5. The van der Waals surface area contributed by atoms with Crippen LogP contribution in [0.15, 0.2) is 0 Å². The Kier molecular flexibility index (Phi) is 2.87. The number of piperidine rings is 1. The lowest BCUT2D eigenvalue weighted by atomic mass is 9.63. The van der Waals surface area contributed by atoms with Crippen molar-refractivity contribution in [2.75, 3.05) is 26.2 Å². The molecule has 3 fully saturated rings. The number of aliphatic carboxylic acids is 1. The molecule has 1 aliphatic carbocycles. The van der Waals surface area contributed by atoms with Crippen LogP contribution in [0.5, 0.6) is 0 Å². The van der Waals surface area contributed by atoms with Crippen LogP contribution < -0.4 is 0 Å². The van der Waals surface area contributed by atoms with Crippen molar-refractivity contribution in [3.8, 4) is 0 Å². The van der Waals surface area contributed by atoms with Gasteiger partial charge in [-0.05, 0) is 29.6 Å². The van der Waals surface area contributed by atoms with E-state index in [0.717, 1.165) is 25.9 Å². The zero-order chi connectivity index (χ0) is 15.6. The van der Waals surface area contributed by atoms with E-state index in [2.05, 4.69) is 20.8 Å².